The minimum absolute atomic E-state index is 0.210. The van der Waals surface area contributed by atoms with Crippen LogP contribution in [0.3, 0.4) is 0 Å². The molecule has 1 heteroatoms. The van der Waals surface area contributed by atoms with E-state index in [9.17, 15) is 5.11 Å². The summed E-state index contributed by atoms with van der Waals surface area (Å²) in [5.74, 6) is 0.604. The van der Waals surface area contributed by atoms with Gasteiger partial charge in [-0.15, -0.1) is 0 Å². The molecule has 1 N–H and O–H groups in total. The van der Waals surface area contributed by atoms with E-state index in [2.05, 4.69) is 46.8 Å². The van der Waals surface area contributed by atoms with Crippen molar-refractivity contribution in [1.29, 1.82) is 0 Å². The first kappa shape index (κ1) is 12.6. The van der Waals surface area contributed by atoms with Gasteiger partial charge < -0.3 is 5.11 Å². The maximum atomic E-state index is 10.6. The lowest BCUT2D eigenvalue weighted by molar-refractivity contribution is 0.106. The highest BCUT2D eigenvalue weighted by Crippen LogP contribution is 2.70. The summed E-state index contributed by atoms with van der Waals surface area (Å²) in [6, 6.07) is 10.3. The molecule has 1 aliphatic carbocycles. The minimum atomic E-state index is -0.248. The third-order valence-corrected chi connectivity index (χ3v) is 5.31. The summed E-state index contributed by atoms with van der Waals surface area (Å²) < 4.78 is 0. The third-order valence-electron chi connectivity index (χ3n) is 5.31. The summed E-state index contributed by atoms with van der Waals surface area (Å²) in [5, 5.41) is 10.6. The van der Waals surface area contributed by atoms with Crippen LogP contribution in [0.25, 0.3) is 0 Å². The Morgan fingerprint density at radius 2 is 1.47 bits per heavy atom. The van der Waals surface area contributed by atoms with E-state index in [4.69, 9.17) is 0 Å². The predicted octanol–water partition coefficient (Wildman–Crippen LogP) is 3.83. The Hall–Kier alpha value is -0.820. The highest BCUT2D eigenvalue weighted by molar-refractivity contribution is 5.24. The summed E-state index contributed by atoms with van der Waals surface area (Å²) in [6.07, 6.45) is -0.248. The Morgan fingerprint density at radius 3 is 1.88 bits per heavy atom. The maximum absolute atomic E-state index is 10.6. The second kappa shape index (κ2) is 3.84. The van der Waals surface area contributed by atoms with Crippen LogP contribution in [0, 0.1) is 16.7 Å². The minimum Gasteiger partial charge on any atom is -0.392 e. The Kier molecular flexibility index (Phi) is 2.86. The van der Waals surface area contributed by atoms with E-state index in [1.165, 1.54) is 5.56 Å². The molecule has 0 saturated heterocycles. The molecule has 0 bridgehead atoms. The van der Waals surface area contributed by atoms with Crippen LogP contribution in [0.15, 0.2) is 30.3 Å². The molecule has 2 rings (SSSR count). The van der Waals surface area contributed by atoms with Gasteiger partial charge in [0, 0.05) is 5.92 Å². The van der Waals surface area contributed by atoms with Gasteiger partial charge in [-0.3, -0.25) is 0 Å². The molecule has 2 atom stereocenters. The molecule has 2 unspecified atom stereocenters. The second-order valence-electron chi connectivity index (χ2n) is 6.61. The number of benzene rings is 1. The van der Waals surface area contributed by atoms with Gasteiger partial charge in [0.05, 0.1) is 6.10 Å². The zero-order valence-corrected chi connectivity index (χ0v) is 11.6. The van der Waals surface area contributed by atoms with E-state index >= 15 is 0 Å². The molecule has 17 heavy (non-hydrogen) atoms. The third kappa shape index (κ3) is 1.81. The van der Waals surface area contributed by atoms with Crippen molar-refractivity contribution in [3.8, 4) is 0 Å². The van der Waals surface area contributed by atoms with Gasteiger partial charge in [0.1, 0.15) is 0 Å². The SMILES string of the molecule is CC(c1ccccc1)C(O)C1C(C)(C)C1(C)C. The van der Waals surface area contributed by atoms with Gasteiger partial charge in [-0.05, 0) is 22.3 Å². The summed E-state index contributed by atoms with van der Waals surface area (Å²) in [4.78, 5) is 0. The Morgan fingerprint density at radius 1 is 1.00 bits per heavy atom. The van der Waals surface area contributed by atoms with Crippen LogP contribution in [-0.4, -0.2) is 11.2 Å². The molecule has 0 spiro atoms. The lowest BCUT2D eigenvalue weighted by atomic mass is 9.89. The van der Waals surface area contributed by atoms with Crippen molar-refractivity contribution < 1.29 is 5.11 Å². The maximum Gasteiger partial charge on any atom is 0.0644 e. The van der Waals surface area contributed by atoms with Gasteiger partial charge in [-0.1, -0.05) is 65.0 Å². The van der Waals surface area contributed by atoms with Crippen LogP contribution in [0.2, 0.25) is 0 Å². The number of hydrogen-bond acceptors (Lipinski definition) is 1. The standard InChI is InChI=1S/C16H24O/c1-11(12-9-7-6-8-10-12)13(17)14-15(2,3)16(14,4)5/h6-11,13-14,17H,1-5H3. The molecular weight excluding hydrogens is 208 g/mol. The van der Waals surface area contributed by atoms with Crippen LogP contribution in [0.5, 0.6) is 0 Å². The van der Waals surface area contributed by atoms with E-state index in [0.29, 0.717) is 5.92 Å². The average Bonchev–Trinajstić information content (AvgIpc) is 2.69. The molecule has 1 aromatic carbocycles. The summed E-state index contributed by atoms with van der Waals surface area (Å²) >= 11 is 0. The first-order valence-corrected chi connectivity index (χ1v) is 6.53. The van der Waals surface area contributed by atoms with E-state index in [1.807, 2.05) is 18.2 Å². The molecule has 1 fully saturated rings. The smallest absolute Gasteiger partial charge is 0.0644 e. The number of aliphatic hydroxyl groups is 1. The van der Waals surface area contributed by atoms with E-state index in [-0.39, 0.29) is 22.9 Å². The van der Waals surface area contributed by atoms with Gasteiger partial charge >= 0.3 is 0 Å². The van der Waals surface area contributed by atoms with Crippen molar-refractivity contribution in [2.75, 3.05) is 0 Å². The quantitative estimate of drug-likeness (QED) is 0.839. The lowest BCUT2D eigenvalue weighted by Crippen LogP contribution is -2.21. The first-order valence-electron chi connectivity index (χ1n) is 6.53. The van der Waals surface area contributed by atoms with Gasteiger partial charge in [0.15, 0.2) is 0 Å². The zero-order chi connectivity index (χ0) is 12.8. The van der Waals surface area contributed by atoms with Crippen molar-refractivity contribution in [2.24, 2.45) is 16.7 Å². The summed E-state index contributed by atoms with van der Waals surface area (Å²) in [7, 11) is 0. The van der Waals surface area contributed by atoms with Crippen LogP contribution in [-0.2, 0) is 0 Å². The number of aliphatic hydroxyl groups excluding tert-OH is 1. The molecular formula is C16H24O. The molecule has 1 aromatic rings. The molecule has 1 aliphatic rings. The number of rotatable bonds is 3. The van der Waals surface area contributed by atoms with Crippen molar-refractivity contribution in [3.63, 3.8) is 0 Å². The molecule has 94 valence electrons. The summed E-state index contributed by atoms with van der Waals surface area (Å²) in [6.45, 7) is 11.2. The molecule has 0 radical (unpaired) electrons. The Bertz CT molecular complexity index is 377. The molecule has 0 heterocycles. The van der Waals surface area contributed by atoms with Crippen LogP contribution in [0.1, 0.15) is 46.1 Å². The van der Waals surface area contributed by atoms with Crippen LogP contribution >= 0.6 is 0 Å². The van der Waals surface area contributed by atoms with Gasteiger partial charge in [0.2, 0.25) is 0 Å². The van der Waals surface area contributed by atoms with Gasteiger partial charge in [-0.25, -0.2) is 0 Å². The monoisotopic (exact) mass is 232 g/mol. The van der Waals surface area contributed by atoms with Crippen molar-refractivity contribution in [2.45, 2.75) is 46.6 Å². The zero-order valence-electron chi connectivity index (χ0n) is 11.6. The van der Waals surface area contributed by atoms with Gasteiger partial charge in [0.25, 0.3) is 0 Å². The number of hydrogen-bond donors (Lipinski definition) is 1. The van der Waals surface area contributed by atoms with E-state index < -0.39 is 0 Å². The van der Waals surface area contributed by atoms with E-state index in [0.717, 1.165) is 0 Å². The highest BCUT2D eigenvalue weighted by Gasteiger charge is 2.67. The Labute approximate surface area is 105 Å². The molecule has 0 aromatic heterocycles. The van der Waals surface area contributed by atoms with Crippen molar-refractivity contribution in [1.82, 2.24) is 0 Å². The van der Waals surface area contributed by atoms with Crippen LogP contribution < -0.4 is 0 Å². The molecule has 1 saturated carbocycles. The van der Waals surface area contributed by atoms with Crippen LogP contribution in [0.4, 0.5) is 0 Å². The molecule has 1 nitrogen and oxygen atoms in total. The normalized spacial score (nSPS) is 25.3. The molecule has 0 amide bonds. The van der Waals surface area contributed by atoms with E-state index in [1.54, 1.807) is 0 Å². The lowest BCUT2D eigenvalue weighted by Gasteiger charge is -2.21. The average molecular weight is 232 g/mol. The van der Waals surface area contributed by atoms with Crippen molar-refractivity contribution in [3.05, 3.63) is 35.9 Å². The van der Waals surface area contributed by atoms with Crippen molar-refractivity contribution >= 4 is 0 Å². The topological polar surface area (TPSA) is 20.2 Å². The fourth-order valence-corrected chi connectivity index (χ4v) is 3.34. The second-order valence-corrected chi connectivity index (χ2v) is 6.61. The summed E-state index contributed by atoms with van der Waals surface area (Å²) in [5.41, 5.74) is 1.73. The molecule has 0 aliphatic heterocycles. The fourth-order valence-electron chi connectivity index (χ4n) is 3.34. The first-order chi connectivity index (χ1) is 7.80. The predicted molar refractivity (Wildman–Crippen MR) is 71.9 cm³/mol. The fraction of sp³-hybridized carbons (Fsp3) is 0.625. The highest BCUT2D eigenvalue weighted by atomic mass is 16.3. The van der Waals surface area contributed by atoms with Gasteiger partial charge in [-0.2, -0.15) is 0 Å². The Balaban J connectivity index is 2.15. The largest absolute Gasteiger partial charge is 0.392 e.